The molecule has 7 heteroatoms. The van der Waals surface area contributed by atoms with E-state index in [9.17, 15) is 13.2 Å². The molecule has 0 saturated heterocycles. The standard InChI is InChI=1S/C13H14F3N3O/c1-10(20-9-11-5-3-2-4-6-11)7-12-8-19(18-17-12)13(14,15)16/h2-6,8,10H,7,9H2,1H3. The van der Waals surface area contributed by atoms with Gasteiger partial charge in [0.25, 0.3) is 0 Å². The summed E-state index contributed by atoms with van der Waals surface area (Å²) in [5, 5.41) is 6.54. The fourth-order valence-electron chi connectivity index (χ4n) is 1.68. The van der Waals surface area contributed by atoms with E-state index >= 15 is 0 Å². The molecule has 1 aromatic heterocycles. The zero-order valence-electron chi connectivity index (χ0n) is 10.8. The maximum atomic E-state index is 12.3. The predicted molar refractivity (Wildman–Crippen MR) is 65.7 cm³/mol. The molecule has 0 bridgehead atoms. The van der Waals surface area contributed by atoms with E-state index < -0.39 is 6.30 Å². The molecular weight excluding hydrogens is 271 g/mol. The third kappa shape index (κ3) is 4.06. The molecule has 0 aliphatic rings. The summed E-state index contributed by atoms with van der Waals surface area (Å²) < 4.78 is 42.5. The van der Waals surface area contributed by atoms with E-state index in [0.29, 0.717) is 6.61 Å². The fraction of sp³-hybridized carbons (Fsp3) is 0.385. The Hall–Kier alpha value is -1.89. The summed E-state index contributed by atoms with van der Waals surface area (Å²) in [5.74, 6) is 0. The molecule has 0 amide bonds. The van der Waals surface area contributed by atoms with E-state index in [1.165, 1.54) is 0 Å². The van der Waals surface area contributed by atoms with Gasteiger partial charge in [-0.1, -0.05) is 35.5 Å². The van der Waals surface area contributed by atoms with Crippen LogP contribution < -0.4 is 0 Å². The smallest absolute Gasteiger partial charge is 0.373 e. The highest BCUT2D eigenvalue weighted by Gasteiger charge is 2.32. The first-order valence-corrected chi connectivity index (χ1v) is 6.09. The largest absolute Gasteiger partial charge is 0.505 e. The third-order valence-electron chi connectivity index (χ3n) is 2.67. The maximum Gasteiger partial charge on any atom is 0.505 e. The van der Waals surface area contributed by atoms with Crippen molar-refractivity contribution in [2.24, 2.45) is 0 Å². The highest BCUT2D eigenvalue weighted by molar-refractivity contribution is 5.13. The molecule has 1 heterocycles. The number of ether oxygens (including phenoxy) is 1. The monoisotopic (exact) mass is 285 g/mol. The van der Waals surface area contributed by atoms with Crippen LogP contribution in [0.2, 0.25) is 0 Å². The zero-order valence-corrected chi connectivity index (χ0v) is 10.8. The first-order valence-electron chi connectivity index (χ1n) is 6.09. The van der Waals surface area contributed by atoms with Gasteiger partial charge in [0.1, 0.15) is 0 Å². The van der Waals surface area contributed by atoms with Gasteiger partial charge in [0.15, 0.2) is 0 Å². The Morgan fingerprint density at radius 3 is 2.55 bits per heavy atom. The van der Waals surface area contributed by atoms with Crippen LogP contribution in [-0.2, 0) is 24.1 Å². The number of aromatic nitrogens is 3. The van der Waals surface area contributed by atoms with Gasteiger partial charge in [0, 0.05) is 6.42 Å². The van der Waals surface area contributed by atoms with E-state index in [-0.39, 0.29) is 22.9 Å². The van der Waals surface area contributed by atoms with Gasteiger partial charge in [-0.3, -0.25) is 0 Å². The lowest BCUT2D eigenvalue weighted by molar-refractivity contribution is -0.213. The zero-order chi connectivity index (χ0) is 14.6. The summed E-state index contributed by atoms with van der Waals surface area (Å²) in [5.41, 5.74) is 1.26. The lowest BCUT2D eigenvalue weighted by atomic mass is 10.2. The van der Waals surface area contributed by atoms with Gasteiger partial charge in [0.05, 0.1) is 24.6 Å². The molecule has 1 unspecified atom stereocenters. The van der Waals surface area contributed by atoms with Crippen LogP contribution >= 0.6 is 0 Å². The van der Waals surface area contributed by atoms with Gasteiger partial charge in [-0.05, 0) is 12.5 Å². The lowest BCUT2D eigenvalue weighted by Crippen LogP contribution is -2.17. The Kier molecular flexibility index (Phi) is 4.39. The number of alkyl halides is 3. The van der Waals surface area contributed by atoms with Gasteiger partial charge in [0.2, 0.25) is 0 Å². The Bertz CT molecular complexity index is 539. The van der Waals surface area contributed by atoms with Gasteiger partial charge in [-0.25, -0.2) is 0 Å². The van der Waals surface area contributed by atoms with Crippen LogP contribution in [0.3, 0.4) is 0 Å². The summed E-state index contributed by atoms with van der Waals surface area (Å²) in [6, 6.07) is 9.55. The minimum atomic E-state index is -4.53. The summed E-state index contributed by atoms with van der Waals surface area (Å²) in [4.78, 5) is 0. The van der Waals surface area contributed by atoms with Crippen LogP contribution in [-0.4, -0.2) is 21.1 Å². The second-order valence-corrected chi connectivity index (χ2v) is 4.43. The fourth-order valence-corrected chi connectivity index (χ4v) is 1.68. The van der Waals surface area contributed by atoms with Crippen molar-refractivity contribution < 1.29 is 17.9 Å². The van der Waals surface area contributed by atoms with Gasteiger partial charge in [-0.15, -0.1) is 18.3 Å². The average molecular weight is 285 g/mol. The van der Waals surface area contributed by atoms with Crippen molar-refractivity contribution in [2.45, 2.75) is 32.4 Å². The second kappa shape index (κ2) is 6.04. The maximum absolute atomic E-state index is 12.3. The van der Waals surface area contributed by atoms with Gasteiger partial charge >= 0.3 is 6.30 Å². The lowest BCUT2D eigenvalue weighted by Gasteiger charge is -2.11. The minimum Gasteiger partial charge on any atom is -0.373 e. The molecule has 0 N–H and O–H groups in total. The first kappa shape index (κ1) is 14.5. The van der Waals surface area contributed by atoms with Crippen molar-refractivity contribution in [3.63, 3.8) is 0 Å². The molecule has 2 aromatic rings. The molecule has 1 aromatic carbocycles. The van der Waals surface area contributed by atoms with Crippen LogP contribution in [0.25, 0.3) is 0 Å². The number of hydrogen-bond acceptors (Lipinski definition) is 3. The van der Waals surface area contributed by atoms with Crippen molar-refractivity contribution in [2.75, 3.05) is 0 Å². The van der Waals surface area contributed by atoms with Crippen LogP contribution in [0.4, 0.5) is 13.2 Å². The summed E-state index contributed by atoms with van der Waals surface area (Å²) >= 11 is 0. The van der Waals surface area contributed by atoms with Gasteiger partial charge in [-0.2, -0.15) is 4.68 Å². The van der Waals surface area contributed by atoms with E-state index in [1.54, 1.807) is 6.92 Å². The highest BCUT2D eigenvalue weighted by atomic mass is 19.4. The Morgan fingerprint density at radius 1 is 1.25 bits per heavy atom. The molecular formula is C13H14F3N3O. The molecule has 2 rings (SSSR count). The average Bonchev–Trinajstić information content (AvgIpc) is 2.86. The van der Waals surface area contributed by atoms with Gasteiger partial charge < -0.3 is 4.74 Å². The molecule has 0 aliphatic heterocycles. The van der Waals surface area contributed by atoms with E-state index in [0.717, 1.165) is 11.8 Å². The van der Waals surface area contributed by atoms with E-state index in [2.05, 4.69) is 10.3 Å². The minimum absolute atomic E-state index is 0.105. The summed E-state index contributed by atoms with van der Waals surface area (Å²) in [7, 11) is 0. The van der Waals surface area contributed by atoms with Crippen molar-refractivity contribution in [3.05, 3.63) is 47.8 Å². The van der Waals surface area contributed by atoms with Crippen molar-refractivity contribution in [3.8, 4) is 0 Å². The molecule has 4 nitrogen and oxygen atoms in total. The number of benzene rings is 1. The second-order valence-electron chi connectivity index (χ2n) is 4.43. The Labute approximate surface area is 114 Å². The highest BCUT2D eigenvalue weighted by Crippen LogP contribution is 2.20. The Balaban J connectivity index is 1.85. The number of halogens is 3. The molecule has 20 heavy (non-hydrogen) atoms. The number of rotatable bonds is 5. The summed E-state index contributed by atoms with van der Waals surface area (Å²) in [6.45, 7) is 2.20. The molecule has 108 valence electrons. The molecule has 0 saturated carbocycles. The molecule has 0 radical (unpaired) electrons. The normalized spacial score (nSPS) is 13.4. The first-order chi connectivity index (χ1) is 9.45. The topological polar surface area (TPSA) is 39.9 Å². The number of nitrogens with zero attached hydrogens (tertiary/aromatic N) is 3. The van der Waals surface area contributed by atoms with Crippen molar-refractivity contribution in [1.82, 2.24) is 15.0 Å². The van der Waals surface area contributed by atoms with Crippen molar-refractivity contribution >= 4 is 0 Å². The molecule has 0 aliphatic carbocycles. The number of hydrogen-bond donors (Lipinski definition) is 0. The molecule has 1 atom stereocenters. The SMILES string of the molecule is CC(Cc1cn(C(F)(F)F)nn1)OCc1ccccc1. The predicted octanol–water partition coefficient (Wildman–Crippen LogP) is 2.90. The molecule has 0 fully saturated rings. The van der Waals surface area contributed by atoms with E-state index in [4.69, 9.17) is 4.74 Å². The van der Waals surface area contributed by atoms with Crippen LogP contribution in [0.5, 0.6) is 0 Å². The third-order valence-corrected chi connectivity index (χ3v) is 2.67. The van der Waals surface area contributed by atoms with E-state index in [1.807, 2.05) is 30.3 Å². The van der Waals surface area contributed by atoms with Crippen LogP contribution in [0.1, 0.15) is 18.2 Å². The van der Waals surface area contributed by atoms with Crippen LogP contribution in [0, 0.1) is 0 Å². The quantitative estimate of drug-likeness (QED) is 0.848. The molecule has 0 spiro atoms. The van der Waals surface area contributed by atoms with Crippen LogP contribution in [0.15, 0.2) is 36.5 Å². The van der Waals surface area contributed by atoms with Crippen molar-refractivity contribution in [1.29, 1.82) is 0 Å². The Morgan fingerprint density at radius 2 is 1.95 bits per heavy atom. The summed E-state index contributed by atoms with van der Waals surface area (Å²) in [6.07, 6.45) is -3.61.